The summed E-state index contributed by atoms with van der Waals surface area (Å²) in [6.07, 6.45) is 2.92. The third-order valence-electron chi connectivity index (χ3n) is 12.4. The smallest absolute Gasteiger partial charge is 0.258 e. The van der Waals surface area contributed by atoms with Gasteiger partial charge in [-0.15, -0.1) is 0 Å². The van der Waals surface area contributed by atoms with E-state index in [1.54, 1.807) is 12.1 Å². The number of hydrogen-bond donors (Lipinski definition) is 6. The number of anilines is 4. The lowest BCUT2D eigenvalue weighted by molar-refractivity contribution is -0.135. The number of fused-ring (bicyclic) bond motifs is 1. The number of nitrogens with one attached hydrogen (secondary N) is 6. The molecule has 70 heavy (non-hydrogen) atoms. The van der Waals surface area contributed by atoms with Gasteiger partial charge in [-0.05, 0) is 97.5 Å². The monoisotopic (exact) mass is 963 g/mol. The fraction of sp³-hybridized carbons (Fsp3) is 0.380. The van der Waals surface area contributed by atoms with E-state index in [2.05, 4.69) is 41.7 Å². The minimum Gasteiger partial charge on any atom is -0.383 e. The number of aromatic amines is 1. The highest BCUT2D eigenvalue weighted by Crippen LogP contribution is 2.30. The SMILES string of the molecule is O=Cc1ccc(NCCOCCOCCC(=O)N2CCN(c3ccc(C(=O)Nc4n[nH]c5ccc(Cc6cc(F)cc(F)c6)cc45)c(NC4CCOCC4)c3)CC2)cc1C(=O)NC1CCC(=O)NC1=O. The van der Waals surface area contributed by atoms with Gasteiger partial charge >= 0.3 is 0 Å². The molecule has 3 aliphatic heterocycles. The zero-order valence-electron chi connectivity index (χ0n) is 38.5. The van der Waals surface area contributed by atoms with Gasteiger partial charge in [0.25, 0.3) is 11.8 Å². The molecule has 3 fully saturated rings. The number of piperazine rings is 1. The Kier molecular flexibility index (Phi) is 16.4. The third-order valence-corrected chi connectivity index (χ3v) is 12.4. The summed E-state index contributed by atoms with van der Waals surface area (Å²) < 4.78 is 44.7. The molecule has 1 unspecified atom stereocenters. The molecule has 4 aromatic carbocycles. The van der Waals surface area contributed by atoms with Crippen LogP contribution in [0, 0.1) is 11.6 Å². The molecule has 0 radical (unpaired) electrons. The molecule has 4 heterocycles. The van der Waals surface area contributed by atoms with Crippen molar-refractivity contribution in [3.63, 3.8) is 0 Å². The van der Waals surface area contributed by atoms with E-state index in [9.17, 15) is 37.5 Å². The summed E-state index contributed by atoms with van der Waals surface area (Å²) in [4.78, 5) is 79.2. The highest BCUT2D eigenvalue weighted by molar-refractivity contribution is 6.11. The molecule has 0 spiro atoms. The predicted octanol–water partition coefficient (Wildman–Crippen LogP) is 4.81. The van der Waals surface area contributed by atoms with Gasteiger partial charge in [-0.2, -0.15) is 5.10 Å². The van der Waals surface area contributed by atoms with Gasteiger partial charge in [0.1, 0.15) is 17.7 Å². The van der Waals surface area contributed by atoms with E-state index in [1.165, 1.54) is 24.3 Å². The lowest BCUT2D eigenvalue weighted by Crippen LogP contribution is -2.52. The number of amides is 5. The summed E-state index contributed by atoms with van der Waals surface area (Å²) >= 11 is 0. The Hall–Kier alpha value is -7.29. The highest BCUT2D eigenvalue weighted by Gasteiger charge is 2.29. The summed E-state index contributed by atoms with van der Waals surface area (Å²) in [5.74, 6) is -2.92. The van der Waals surface area contributed by atoms with E-state index >= 15 is 0 Å². The first-order valence-electron chi connectivity index (χ1n) is 23.4. The maximum Gasteiger partial charge on any atom is 0.258 e. The Morgan fingerprint density at radius 3 is 2.34 bits per heavy atom. The number of rotatable bonds is 20. The Labute approximate surface area is 402 Å². The lowest BCUT2D eigenvalue weighted by Gasteiger charge is -2.36. The van der Waals surface area contributed by atoms with Crippen molar-refractivity contribution in [2.75, 3.05) is 93.2 Å². The molecule has 5 aromatic rings. The van der Waals surface area contributed by atoms with Gasteiger partial charge in [-0.1, -0.05) is 6.07 Å². The number of carbonyl (C=O) groups excluding carboxylic acids is 6. The van der Waals surface area contributed by atoms with Crippen molar-refractivity contribution in [2.24, 2.45) is 0 Å². The molecule has 5 amide bonds. The van der Waals surface area contributed by atoms with E-state index in [4.69, 9.17) is 14.2 Å². The molecule has 3 aliphatic rings. The van der Waals surface area contributed by atoms with Crippen LogP contribution in [0.1, 0.15) is 74.3 Å². The van der Waals surface area contributed by atoms with Crippen molar-refractivity contribution in [2.45, 2.75) is 50.6 Å². The number of ether oxygens (including phenoxy) is 3. The average molecular weight is 964 g/mol. The van der Waals surface area contributed by atoms with Crippen molar-refractivity contribution in [1.29, 1.82) is 0 Å². The molecule has 1 aromatic heterocycles. The lowest BCUT2D eigenvalue weighted by atomic mass is 10.0. The second kappa shape index (κ2) is 23.3. The van der Waals surface area contributed by atoms with Gasteiger partial charge in [-0.3, -0.25) is 39.2 Å². The third kappa shape index (κ3) is 12.9. The van der Waals surface area contributed by atoms with Gasteiger partial charge in [0.2, 0.25) is 17.7 Å². The van der Waals surface area contributed by atoms with Crippen LogP contribution < -0.4 is 31.5 Å². The number of carbonyl (C=O) groups is 6. The first kappa shape index (κ1) is 49.1. The fourth-order valence-corrected chi connectivity index (χ4v) is 8.65. The number of hydrogen-bond acceptors (Lipinski definition) is 13. The normalized spacial score (nSPS) is 16.5. The van der Waals surface area contributed by atoms with Crippen molar-refractivity contribution < 1.29 is 51.8 Å². The summed E-state index contributed by atoms with van der Waals surface area (Å²) in [7, 11) is 0. The Morgan fingerprint density at radius 2 is 1.59 bits per heavy atom. The second-order valence-electron chi connectivity index (χ2n) is 17.3. The number of benzene rings is 4. The maximum absolute atomic E-state index is 14.0. The Morgan fingerprint density at radius 1 is 0.814 bits per heavy atom. The molecule has 18 nitrogen and oxygen atoms in total. The molecule has 3 saturated heterocycles. The first-order chi connectivity index (χ1) is 34.0. The van der Waals surface area contributed by atoms with Crippen molar-refractivity contribution in [3.8, 4) is 0 Å². The number of halogens is 2. The molecular weight excluding hydrogens is 909 g/mol. The van der Waals surface area contributed by atoms with Crippen LogP contribution in [0.4, 0.5) is 31.7 Å². The molecule has 8 rings (SSSR count). The number of H-pyrrole nitrogens is 1. The highest BCUT2D eigenvalue weighted by atomic mass is 19.1. The molecular formula is C50H55F2N9O9. The summed E-state index contributed by atoms with van der Waals surface area (Å²) in [6, 6.07) is 18.5. The zero-order chi connectivity index (χ0) is 49.0. The number of nitrogens with zero attached hydrogens (tertiary/aromatic N) is 3. The van der Waals surface area contributed by atoms with Crippen LogP contribution in [0.3, 0.4) is 0 Å². The predicted molar refractivity (Wildman–Crippen MR) is 256 cm³/mol. The van der Waals surface area contributed by atoms with Gasteiger partial charge in [0, 0.05) is 92.5 Å². The topological polar surface area (TPSA) is 225 Å². The standard InChI is InChI=1S/C50H55F2N9O9/c51-34-24-32(25-35(52)27-34)23-31-1-6-42-41(26-31)47(59-58-42)57-48(65)39-5-4-38(29-44(39)54-36-9-17-68-18-10-36)60-13-15-61(16-14-60)46(64)11-19-69-21-22-70-20-12-53-37-3-2-33(30-62)40(28-37)49(66)55-43-7-8-45(63)56-50(43)67/h1-6,24-30,36,43,53-54H,7-23H2,(H,55,66)(H,56,63,67)(H2,57,58,59,65). The van der Waals surface area contributed by atoms with Crippen LogP contribution >= 0.6 is 0 Å². The Balaban J connectivity index is 0.771. The number of imide groups is 1. The van der Waals surface area contributed by atoms with Gasteiger partial charge in [-0.25, -0.2) is 8.78 Å². The molecule has 1 atom stereocenters. The number of aldehydes is 1. The Bertz CT molecular complexity index is 2700. The van der Waals surface area contributed by atoms with Crippen LogP contribution in [-0.2, 0) is 35.0 Å². The fourth-order valence-electron chi connectivity index (χ4n) is 8.65. The second-order valence-corrected chi connectivity index (χ2v) is 17.3. The van der Waals surface area contributed by atoms with Gasteiger partial charge in [0.15, 0.2) is 12.1 Å². The van der Waals surface area contributed by atoms with E-state index in [0.717, 1.165) is 30.2 Å². The average Bonchev–Trinajstić information content (AvgIpc) is 3.75. The van der Waals surface area contributed by atoms with E-state index in [-0.39, 0.29) is 61.3 Å². The maximum atomic E-state index is 14.0. The van der Waals surface area contributed by atoms with E-state index in [0.29, 0.717) is 111 Å². The molecule has 0 bridgehead atoms. The minimum atomic E-state index is -0.874. The summed E-state index contributed by atoms with van der Waals surface area (Å²) in [5, 5.41) is 22.5. The molecule has 0 saturated carbocycles. The van der Waals surface area contributed by atoms with Gasteiger partial charge in [0.05, 0.1) is 49.5 Å². The largest absolute Gasteiger partial charge is 0.383 e. The van der Waals surface area contributed by atoms with Crippen LogP contribution in [0.25, 0.3) is 10.9 Å². The quantitative estimate of drug-likeness (QED) is 0.0351. The van der Waals surface area contributed by atoms with Crippen molar-refractivity contribution in [3.05, 3.63) is 112 Å². The summed E-state index contributed by atoms with van der Waals surface area (Å²) in [6.45, 7) is 5.00. The van der Waals surface area contributed by atoms with Crippen molar-refractivity contribution >= 4 is 69.6 Å². The van der Waals surface area contributed by atoms with Crippen molar-refractivity contribution in [1.82, 2.24) is 25.7 Å². The molecule has 0 aliphatic carbocycles. The van der Waals surface area contributed by atoms with Gasteiger partial charge < -0.3 is 45.3 Å². The first-order valence-corrected chi connectivity index (χ1v) is 23.4. The zero-order valence-corrected chi connectivity index (χ0v) is 38.5. The minimum absolute atomic E-state index is 0.00899. The number of piperidine rings is 1. The van der Waals surface area contributed by atoms with Crippen LogP contribution in [0.5, 0.6) is 0 Å². The molecule has 20 heteroatoms. The van der Waals surface area contributed by atoms with Crippen LogP contribution in [0.2, 0.25) is 0 Å². The number of aromatic nitrogens is 2. The van der Waals surface area contributed by atoms with E-state index < -0.39 is 35.4 Å². The van der Waals surface area contributed by atoms with E-state index in [1.807, 2.05) is 35.2 Å². The molecule has 6 N–H and O–H groups in total. The summed E-state index contributed by atoms with van der Waals surface area (Å²) in [5.41, 5.74) is 4.81. The van der Waals surface area contributed by atoms with Crippen LogP contribution in [0.15, 0.2) is 72.8 Å². The van der Waals surface area contributed by atoms with Crippen LogP contribution in [-0.4, -0.2) is 135 Å². The molecule has 368 valence electrons.